The number of carbonyl (C=O) groups is 2. The molecule has 1 aromatic carbocycles. The van der Waals surface area contributed by atoms with E-state index in [0.717, 1.165) is 5.69 Å². The molecule has 31 heavy (non-hydrogen) atoms. The highest BCUT2D eigenvalue weighted by atomic mass is 16.5. The smallest absolute Gasteiger partial charge is 0.354 e. The molecule has 1 saturated heterocycles. The molecule has 162 valence electrons. The molecule has 0 aliphatic carbocycles. The second-order valence-corrected chi connectivity index (χ2v) is 7.13. The molecule has 2 aliphatic rings. The Bertz CT molecular complexity index is 959. The van der Waals surface area contributed by atoms with E-state index in [4.69, 9.17) is 9.47 Å². The third kappa shape index (κ3) is 4.66. The van der Waals surface area contributed by atoms with Gasteiger partial charge in [-0.15, -0.1) is 0 Å². The SMILES string of the molecule is CCOC(=O)C1=NN(c2ccccc2)C(C(=O)Nc2cccnc2N2CCOCC2)C1. The van der Waals surface area contributed by atoms with Gasteiger partial charge in [0.25, 0.3) is 0 Å². The first-order valence-corrected chi connectivity index (χ1v) is 10.3. The first kappa shape index (κ1) is 20.8. The molecule has 2 aliphatic heterocycles. The number of morpholine rings is 1. The predicted octanol–water partition coefficient (Wildman–Crippen LogP) is 2.05. The lowest BCUT2D eigenvalue weighted by Crippen LogP contribution is -2.40. The molecular weight excluding hydrogens is 398 g/mol. The second-order valence-electron chi connectivity index (χ2n) is 7.13. The highest BCUT2D eigenvalue weighted by Gasteiger charge is 2.37. The highest BCUT2D eigenvalue weighted by molar-refractivity contribution is 6.38. The minimum Gasteiger partial charge on any atom is -0.461 e. The van der Waals surface area contributed by atoms with Crippen LogP contribution in [-0.4, -0.2) is 61.5 Å². The summed E-state index contributed by atoms with van der Waals surface area (Å²) in [5.41, 5.74) is 1.57. The molecule has 1 fully saturated rings. The third-order valence-electron chi connectivity index (χ3n) is 5.10. The maximum atomic E-state index is 13.3. The van der Waals surface area contributed by atoms with Crippen LogP contribution in [0, 0.1) is 0 Å². The first-order valence-electron chi connectivity index (χ1n) is 10.3. The lowest BCUT2D eigenvalue weighted by atomic mass is 10.1. The number of pyridine rings is 1. The van der Waals surface area contributed by atoms with Gasteiger partial charge in [-0.3, -0.25) is 9.80 Å². The molecule has 1 N–H and O–H groups in total. The Morgan fingerprint density at radius 1 is 1.16 bits per heavy atom. The van der Waals surface area contributed by atoms with Gasteiger partial charge in [-0.1, -0.05) is 18.2 Å². The lowest BCUT2D eigenvalue weighted by Gasteiger charge is -2.30. The van der Waals surface area contributed by atoms with Crippen molar-refractivity contribution in [3.05, 3.63) is 48.7 Å². The number of rotatable bonds is 6. The Balaban J connectivity index is 1.57. The van der Waals surface area contributed by atoms with Crippen LogP contribution < -0.4 is 15.2 Å². The number of hydrazone groups is 1. The van der Waals surface area contributed by atoms with Crippen LogP contribution in [0.25, 0.3) is 0 Å². The van der Waals surface area contributed by atoms with Crippen molar-refractivity contribution in [2.45, 2.75) is 19.4 Å². The fourth-order valence-corrected chi connectivity index (χ4v) is 3.61. The van der Waals surface area contributed by atoms with Crippen LogP contribution in [-0.2, 0) is 19.1 Å². The van der Waals surface area contributed by atoms with E-state index in [0.29, 0.717) is 37.8 Å². The Hall–Kier alpha value is -3.46. The van der Waals surface area contributed by atoms with E-state index >= 15 is 0 Å². The second kappa shape index (κ2) is 9.57. The maximum Gasteiger partial charge on any atom is 0.354 e. The lowest BCUT2D eigenvalue weighted by molar-refractivity contribution is -0.135. The quantitative estimate of drug-likeness (QED) is 0.711. The zero-order chi connectivity index (χ0) is 21.6. The van der Waals surface area contributed by atoms with E-state index < -0.39 is 12.0 Å². The van der Waals surface area contributed by atoms with Gasteiger partial charge in [0.1, 0.15) is 11.8 Å². The molecule has 9 nitrogen and oxygen atoms in total. The van der Waals surface area contributed by atoms with Crippen molar-refractivity contribution in [2.75, 3.05) is 48.1 Å². The third-order valence-corrected chi connectivity index (χ3v) is 5.10. The zero-order valence-electron chi connectivity index (χ0n) is 17.4. The number of nitrogens with zero attached hydrogens (tertiary/aromatic N) is 4. The number of hydrogen-bond donors (Lipinski definition) is 1. The largest absolute Gasteiger partial charge is 0.461 e. The monoisotopic (exact) mass is 423 g/mol. The molecule has 4 rings (SSSR count). The number of esters is 1. The molecule has 0 saturated carbocycles. The van der Waals surface area contributed by atoms with Crippen molar-refractivity contribution in [3.63, 3.8) is 0 Å². The van der Waals surface area contributed by atoms with E-state index in [1.54, 1.807) is 24.2 Å². The summed E-state index contributed by atoms with van der Waals surface area (Å²) >= 11 is 0. The Kier molecular flexibility index (Phi) is 6.42. The average molecular weight is 423 g/mol. The summed E-state index contributed by atoms with van der Waals surface area (Å²) in [6.45, 7) is 4.63. The maximum absolute atomic E-state index is 13.3. The van der Waals surface area contributed by atoms with Gasteiger partial charge in [0.05, 0.1) is 31.2 Å². The van der Waals surface area contributed by atoms with E-state index in [1.165, 1.54) is 0 Å². The van der Waals surface area contributed by atoms with Crippen molar-refractivity contribution >= 4 is 34.8 Å². The van der Waals surface area contributed by atoms with Gasteiger partial charge >= 0.3 is 5.97 Å². The molecule has 0 spiro atoms. The van der Waals surface area contributed by atoms with Gasteiger partial charge in [0.2, 0.25) is 5.91 Å². The minimum atomic E-state index is -0.681. The van der Waals surface area contributed by atoms with E-state index in [2.05, 4.69) is 20.3 Å². The number of benzene rings is 1. The van der Waals surface area contributed by atoms with Crippen LogP contribution >= 0.6 is 0 Å². The number of aromatic nitrogens is 1. The van der Waals surface area contributed by atoms with Crippen molar-refractivity contribution < 1.29 is 19.1 Å². The van der Waals surface area contributed by atoms with E-state index in [9.17, 15) is 9.59 Å². The number of carbonyl (C=O) groups excluding carboxylic acids is 2. The Morgan fingerprint density at radius 3 is 2.68 bits per heavy atom. The fourth-order valence-electron chi connectivity index (χ4n) is 3.61. The summed E-state index contributed by atoms with van der Waals surface area (Å²) in [4.78, 5) is 32.1. The van der Waals surface area contributed by atoms with Crippen LogP contribution in [0.2, 0.25) is 0 Å². The van der Waals surface area contributed by atoms with Gasteiger partial charge in [-0.25, -0.2) is 9.78 Å². The highest BCUT2D eigenvalue weighted by Crippen LogP contribution is 2.28. The van der Waals surface area contributed by atoms with Crippen LogP contribution in [0.5, 0.6) is 0 Å². The molecule has 1 aromatic heterocycles. The van der Waals surface area contributed by atoms with Gasteiger partial charge in [0.15, 0.2) is 5.82 Å². The molecule has 1 amide bonds. The summed E-state index contributed by atoms with van der Waals surface area (Å²) in [7, 11) is 0. The standard InChI is InChI=1S/C22H25N5O4/c1-2-31-22(29)18-15-19(27(25-18)16-7-4-3-5-8-16)21(28)24-17-9-6-10-23-20(17)26-11-13-30-14-12-26/h3-10,19H,2,11-15H2,1H3,(H,24,28). The molecule has 3 heterocycles. The number of hydrogen-bond acceptors (Lipinski definition) is 8. The first-order chi connectivity index (χ1) is 15.2. The van der Waals surface area contributed by atoms with Crippen LogP contribution in [0.3, 0.4) is 0 Å². The summed E-state index contributed by atoms with van der Waals surface area (Å²) in [5, 5.41) is 8.97. The summed E-state index contributed by atoms with van der Waals surface area (Å²) < 4.78 is 10.5. The van der Waals surface area contributed by atoms with E-state index in [1.807, 2.05) is 36.4 Å². The van der Waals surface area contributed by atoms with Gasteiger partial charge < -0.3 is 19.7 Å². The average Bonchev–Trinajstić information content (AvgIpc) is 3.27. The van der Waals surface area contributed by atoms with Crippen LogP contribution in [0.1, 0.15) is 13.3 Å². The van der Waals surface area contributed by atoms with Crippen molar-refractivity contribution in [1.29, 1.82) is 0 Å². The van der Waals surface area contributed by atoms with Crippen LogP contribution in [0.15, 0.2) is 53.8 Å². The predicted molar refractivity (Wildman–Crippen MR) is 117 cm³/mol. The minimum absolute atomic E-state index is 0.159. The summed E-state index contributed by atoms with van der Waals surface area (Å²) in [5.74, 6) is -0.0709. The molecule has 1 unspecified atom stereocenters. The zero-order valence-corrected chi connectivity index (χ0v) is 17.4. The Morgan fingerprint density at radius 2 is 1.94 bits per heavy atom. The topological polar surface area (TPSA) is 96.4 Å². The number of para-hydroxylation sites is 1. The van der Waals surface area contributed by atoms with Gasteiger partial charge in [-0.05, 0) is 31.2 Å². The molecule has 9 heteroatoms. The number of nitrogens with one attached hydrogen (secondary N) is 1. The van der Waals surface area contributed by atoms with Crippen LogP contribution in [0.4, 0.5) is 17.2 Å². The van der Waals surface area contributed by atoms with Crippen molar-refractivity contribution in [2.24, 2.45) is 5.10 Å². The van der Waals surface area contributed by atoms with E-state index in [-0.39, 0.29) is 24.6 Å². The van der Waals surface area contributed by atoms with Gasteiger partial charge in [0, 0.05) is 25.7 Å². The number of amides is 1. The van der Waals surface area contributed by atoms with Crippen molar-refractivity contribution in [1.82, 2.24) is 4.98 Å². The normalized spacial score (nSPS) is 18.5. The molecule has 1 atom stereocenters. The molecule has 0 bridgehead atoms. The summed E-state index contributed by atoms with van der Waals surface area (Å²) in [6, 6.07) is 12.2. The number of ether oxygens (including phenoxy) is 2. The fraction of sp³-hybridized carbons (Fsp3) is 0.364. The molecular formula is C22H25N5O4. The van der Waals surface area contributed by atoms with Gasteiger partial charge in [-0.2, -0.15) is 5.10 Å². The summed E-state index contributed by atoms with van der Waals surface area (Å²) in [6.07, 6.45) is 1.86. The molecule has 0 radical (unpaired) electrons. The Labute approximate surface area is 180 Å². The number of anilines is 3. The van der Waals surface area contributed by atoms with Crippen molar-refractivity contribution in [3.8, 4) is 0 Å². The molecule has 2 aromatic rings.